The van der Waals surface area contributed by atoms with Crippen molar-refractivity contribution in [1.29, 1.82) is 0 Å². The Bertz CT molecular complexity index is 446. The molecule has 2 atom stereocenters. The van der Waals surface area contributed by atoms with Gasteiger partial charge in [-0.15, -0.1) is 0 Å². The Balaban J connectivity index is 0.000000441. The maximum Gasteiger partial charge on any atom is 0.322 e. The molecule has 2 amide bonds. The van der Waals surface area contributed by atoms with E-state index in [0.717, 1.165) is 19.4 Å². The van der Waals surface area contributed by atoms with Gasteiger partial charge in [-0.05, 0) is 32.2 Å². The largest absolute Gasteiger partial charge is 0.480 e. The molecule has 1 rings (SSSR count). The third-order valence-electron chi connectivity index (χ3n) is 3.12. The van der Waals surface area contributed by atoms with Crippen molar-refractivity contribution >= 4 is 23.7 Å². The summed E-state index contributed by atoms with van der Waals surface area (Å²) in [5.74, 6) is -1.68. The molecule has 11 nitrogen and oxygen atoms in total. The average Bonchev–Trinajstić information content (AvgIpc) is 3.03. The van der Waals surface area contributed by atoms with E-state index >= 15 is 0 Å². The minimum atomic E-state index is -1.01. The fourth-order valence-corrected chi connectivity index (χ4v) is 1.86. The fourth-order valence-electron chi connectivity index (χ4n) is 1.86. The van der Waals surface area contributed by atoms with Gasteiger partial charge in [0.25, 0.3) is 0 Å². The van der Waals surface area contributed by atoms with Crippen molar-refractivity contribution in [2.45, 2.75) is 37.8 Å². The summed E-state index contributed by atoms with van der Waals surface area (Å²) in [6.07, 6.45) is 2.94. The predicted octanol–water partition coefficient (Wildman–Crippen LogP) is -3.21. The Morgan fingerprint density at radius 3 is 2.42 bits per heavy atom. The highest BCUT2D eigenvalue weighted by molar-refractivity contribution is 5.85. The second kappa shape index (κ2) is 12.1. The minimum absolute atomic E-state index is 0.0441. The predicted molar refractivity (Wildman–Crippen MR) is 88.8 cm³/mol. The van der Waals surface area contributed by atoms with E-state index in [1.165, 1.54) is 0 Å². The van der Waals surface area contributed by atoms with E-state index in [1.54, 1.807) is 0 Å². The molecule has 1 aliphatic rings. The Labute approximate surface area is 140 Å². The minimum Gasteiger partial charge on any atom is -0.480 e. The molecular formula is C13H27N7O4. The summed E-state index contributed by atoms with van der Waals surface area (Å²) in [7, 11) is 0. The highest BCUT2D eigenvalue weighted by atomic mass is 16.4. The van der Waals surface area contributed by atoms with Crippen molar-refractivity contribution in [1.82, 2.24) is 10.6 Å². The molecule has 1 fully saturated rings. The molecule has 0 bridgehead atoms. The first-order valence-electron chi connectivity index (χ1n) is 7.57. The lowest BCUT2D eigenvalue weighted by atomic mass is 10.1. The van der Waals surface area contributed by atoms with Gasteiger partial charge in [0.1, 0.15) is 6.54 Å². The first-order valence-corrected chi connectivity index (χ1v) is 7.57. The van der Waals surface area contributed by atoms with Crippen LogP contribution in [0.3, 0.4) is 0 Å². The quantitative estimate of drug-likeness (QED) is 0.135. The summed E-state index contributed by atoms with van der Waals surface area (Å²) in [5.41, 5.74) is 20.4. The van der Waals surface area contributed by atoms with Crippen LogP contribution in [0.2, 0.25) is 0 Å². The Hall–Kier alpha value is -2.40. The number of guanidine groups is 1. The van der Waals surface area contributed by atoms with Gasteiger partial charge >= 0.3 is 5.97 Å². The van der Waals surface area contributed by atoms with Crippen molar-refractivity contribution in [3.63, 3.8) is 0 Å². The molecular weight excluding hydrogens is 318 g/mol. The van der Waals surface area contributed by atoms with E-state index in [4.69, 9.17) is 28.0 Å². The van der Waals surface area contributed by atoms with Crippen LogP contribution in [-0.4, -0.2) is 60.6 Å². The number of carbonyl (C=O) groups excluding carboxylic acids is 2. The molecule has 11 heteroatoms. The number of aliphatic carboxylic acids is 1. The molecule has 1 saturated heterocycles. The van der Waals surface area contributed by atoms with Gasteiger partial charge in [-0.3, -0.25) is 19.4 Å². The van der Waals surface area contributed by atoms with Gasteiger partial charge < -0.3 is 38.7 Å². The van der Waals surface area contributed by atoms with E-state index in [2.05, 4.69) is 15.6 Å². The maximum absolute atomic E-state index is 11.1. The van der Waals surface area contributed by atoms with E-state index < -0.39 is 17.9 Å². The number of nitrogens with one attached hydrogen (secondary N) is 2. The monoisotopic (exact) mass is 345 g/mol. The van der Waals surface area contributed by atoms with Crippen LogP contribution in [0.4, 0.5) is 0 Å². The van der Waals surface area contributed by atoms with E-state index in [0.29, 0.717) is 19.4 Å². The summed E-state index contributed by atoms with van der Waals surface area (Å²) in [4.78, 5) is 35.4. The van der Waals surface area contributed by atoms with Crippen LogP contribution in [0.5, 0.6) is 0 Å². The molecule has 11 N–H and O–H groups in total. The lowest BCUT2D eigenvalue weighted by Gasteiger charge is -2.08. The van der Waals surface area contributed by atoms with Crippen molar-refractivity contribution < 1.29 is 19.5 Å². The zero-order valence-corrected chi connectivity index (χ0v) is 13.5. The summed E-state index contributed by atoms with van der Waals surface area (Å²) in [6, 6.07) is -0.788. The van der Waals surface area contributed by atoms with E-state index in [-0.39, 0.29) is 24.5 Å². The lowest BCUT2D eigenvalue weighted by molar-refractivity contribution is -0.138. The molecule has 0 saturated carbocycles. The average molecular weight is 345 g/mol. The van der Waals surface area contributed by atoms with Crippen LogP contribution in [0.15, 0.2) is 4.99 Å². The summed E-state index contributed by atoms with van der Waals surface area (Å²) >= 11 is 0. The zero-order chi connectivity index (χ0) is 18.5. The Kier molecular flexibility index (Phi) is 10.9. The first kappa shape index (κ1) is 21.6. The lowest BCUT2D eigenvalue weighted by Crippen LogP contribution is -2.42. The molecule has 1 aliphatic heterocycles. The molecule has 0 aromatic heterocycles. The summed E-state index contributed by atoms with van der Waals surface area (Å²) in [6.45, 7) is 1.02. The van der Waals surface area contributed by atoms with Gasteiger partial charge in [0.15, 0.2) is 5.96 Å². The normalized spacial score (nSPS) is 17.1. The van der Waals surface area contributed by atoms with Crippen molar-refractivity contribution in [3.05, 3.63) is 0 Å². The number of carbonyl (C=O) groups is 3. The van der Waals surface area contributed by atoms with E-state index in [1.807, 2.05) is 0 Å². The third kappa shape index (κ3) is 11.2. The fraction of sp³-hybridized carbons (Fsp3) is 0.692. The number of primary amides is 1. The number of carboxylic acid groups (broad SMARTS) is 1. The van der Waals surface area contributed by atoms with Crippen LogP contribution in [-0.2, 0) is 14.4 Å². The van der Waals surface area contributed by atoms with Crippen LogP contribution >= 0.6 is 0 Å². The summed E-state index contributed by atoms with van der Waals surface area (Å²) < 4.78 is 0. The third-order valence-corrected chi connectivity index (χ3v) is 3.12. The van der Waals surface area contributed by atoms with Crippen LogP contribution in [0, 0.1) is 0 Å². The van der Waals surface area contributed by atoms with Gasteiger partial charge in [-0.2, -0.15) is 0 Å². The number of rotatable bonds is 8. The van der Waals surface area contributed by atoms with Crippen molar-refractivity contribution in [3.8, 4) is 0 Å². The smallest absolute Gasteiger partial charge is 0.322 e. The van der Waals surface area contributed by atoms with Gasteiger partial charge in [-0.25, -0.2) is 0 Å². The molecule has 0 spiro atoms. The van der Waals surface area contributed by atoms with Crippen LogP contribution in [0.25, 0.3) is 0 Å². The Morgan fingerprint density at radius 1 is 1.29 bits per heavy atom. The van der Waals surface area contributed by atoms with E-state index in [9.17, 15) is 14.4 Å². The van der Waals surface area contributed by atoms with Gasteiger partial charge in [-0.1, -0.05) is 0 Å². The topological polar surface area (TPSA) is 212 Å². The molecule has 0 radical (unpaired) electrons. The number of amides is 2. The molecule has 24 heavy (non-hydrogen) atoms. The molecule has 0 aromatic rings. The molecule has 0 aliphatic carbocycles. The number of carboxylic acids is 1. The second-order valence-electron chi connectivity index (χ2n) is 5.22. The standard InChI is InChI=1S/C7H12N2O3.C6H15N5O/c10-6(11)4-9-7(12)5-2-1-3-8-5;7-4(5(8)12)2-1-3-11-6(9)10/h5,8H,1-4H2,(H,9,12)(H,10,11);4H,1-3,7H2,(H2,8,12)(H4,9,10,11)/t5-;4-/m00/s1. The number of nitrogens with zero attached hydrogens (tertiary/aromatic N) is 1. The maximum atomic E-state index is 11.1. The first-order chi connectivity index (χ1) is 11.2. The van der Waals surface area contributed by atoms with Crippen molar-refractivity contribution in [2.75, 3.05) is 19.6 Å². The SMILES string of the molecule is NC(=O)[C@@H](N)CCCN=C(N)N.O=C(O)CNC(=O)[C@@H]1CCCN1. The summed E-state index contributed by atoms with van der Waals surface area (Å²) in [5, 5.41) is 13.6. The highest BCUT2D eigenvalue weighted by Crippen LogP contribution is 2.03. The zero-order valence-electron chi connectivity index (χ0n) is 13.5. The number of aliphatic imine (C=N–C) groups is 1. The number of hydrogen-bond donors (Lipinski definition) is 7. The molecule has 0 aromatic carbocycles. The number of nitrogens with two attached hydrogens (primary N) is 4. The van der Waals surface area contributed by atoms with Crippen molar-refractivity contribution in [2.24, 2.45) is 27.9 Å². The Morgan fingerprint density at radius 2 is 1.96 bits per heavy atom. The number of hydrogen-bond acceptors (Lipinski definition) is 6. The second-order valence-corrected chi connectivity index (χ2v) is 5.22. The highest BCUT2D eigenvalue weighted by Gasteiger charge is 2.21. The van der Waals surface area contributed by atoms with Gasteiger partial charge in [0, 0.05) is 6.54 Å². The van der Waals surface area contributed by atoms with Gasteiger partial charge in [0.2, 0.25) is 11.8 Å². The van der Waals surface area contributed by atoms with Gasteiger partial charge in [0.05, 0.1) is 12.1 Å². The van der Waals surface area contributed by atoms with Crippen LogP contribution < -0.4 is 33.6 Å². The molecule has 0 unspecified atom stereocenters. The molecule has 138 valence electrons. The molecule has 1 heterocycles. The van der Waals surface area contributed by atoms with Crippen LogP contribution in [0.1, 0.15) is 25.7 Å².